The summed E-state index contributed by atoms with van der Waals surface area (Å²) >= 11 is 0. The first-order valence-electron chi connectivity index (χ1n) is 5.41. The molecular weight excluding hydrogens is 196 g/mol. The van der Waals surface area contributed by atoms with E-state index in [9.17, 15) is 9.59 Å². The largest absolute Gasteiger partial charge is 0.481 e. The number of piperidine rings is 1. The molecule has 1 amide bonds. The highest BCUT2D eigenvalue weighted by Crippen LogP contribution is 2.21. The van der Waals surface area contributed by atoms with Gasteiger partial charge in [0.1, 0.15) is 0 Å². The molecule has 0 bridgehead atoms. The van der Waals surface area contributed by atoms with Crippen LogP contribution in [0.1, 0.15) is 12.8 Å². The third-order valence-electron chi connectivity index (χ3n) is 3.19. The minimum absolute atomic E-state index is 0.0634. The van der Waals surface area contributed by atoms with Gasteiger partial charge in [-0.1, -0.05) is 0 Å². The minimum Gasteiger partial charge on any atom is -0.481 e. The summed E-state index contributed by atoms with van der Waals surface area (Å²) in [4.78, 5) is 24.1. The van der Waals surface area contributed by atoms with E-state index >= 15 is 0 Å². The van der Waals surface area contributed by atoms with Gasteiger partial charge >= 0.3 is 5.97 Å². The lowest BCUT2D eigenvalue weighted by molar-refractivity contribution is -0.154. The summed E-state index contributed by atoms with van der Waals surface area (Å²) < 4.78 is 0. The van der Waals surface area contributed by atoms with E-state index in [1.165, 1.54) is 0 Å². The molecule has 84 valence electrons. The lowest BCUT2D eigenvalue weighted by atomic mass is 9.93. The molecule has 0 saturated carbocycles. The van der Waals surface area contributed by atoms with E-state index in [-0.39, 0.29) is 17.7 Å². The predicted molar refractivity (Wildman–Crippen MR) is 53.3 cm³/mol. The lowest BCUT2D eigenvalue weighted by Crippen LogP contribution is -2.56. The number of aliphatic carboxylic acids is 1. The number of carboxylic acids is 1. The Kier molecular flexibility index (Phi) is 2.90. The molecule has 0 aromatic carbocycles. The number of hydrogen-bond donors (Lipinski definition) is 2. The molecular formula is C10H16N2O3. The maximum absolute atomic E-state index is 11.8. The van der Waals surface area contributed by atoms with Gasteiger partial charge in [-0.25, -0.2) is 0 Å². The molecule has 0 radical (unpaired) electrons. The van der Waals surface area contributed by atoms with Gasteiger partial charge < -0.3 is 15.3 Å². The summed E-state index contributed by atoms with van der Waals surface area (Å²) in [5.41, 5.74) is 0. The molecule has 2 saturated heterocycles. The number of rotatable bonds is 2. The quantitative estimate of drug-likeness (QED) is 0.649. The van der Waals surface area contributed by atoms with Crippen molar-refractivity contribution in [3.05, 3.63) is 0 Å². The lowest BCUT2D eigenvalue weighted by Gasteiger charge is -2.39. The average molecular weight is 212 g/mol. The molecule has 0 aromatic heterocycles. The number of carbonyl (C=O) groups is 2. The van der Waals surface area contributed by atoms with E-state index in [0.29, 0.717) is 13.1 Å². The number of carbonyl (C=O) groups excluding carboxylic acids is 1. The van der Waals surface area contributed by atoms with Crippen molar-refractivity contribution in [2.24, 2.45) is 11.8 Å². The third kappa shape index (κ3) is 2.12. The standard InChI is InChI=1S/C10H16N2O3/c13-9(7-2-1-3-11-4-7)12-5-8(6-12)10(14)15/h7-8,11H,1-6H2,(H,14,15). The normalized spacial score (nSPS) is 27.2. The Morgan fingerprint density at radius 1 is 1.27 bits per heavy atom. The predicted octanol–water partition coefficient (Wildman–Crippen LogP) is -0.471. The van der Waals surface area contributed by atoms with Gasteiger partial charge in [0, 0.05) is 19.6 Å². The first kappa shape index (κ1) is 10.4. The highest BCUT2D eigenvalue weighted by Gasteiger charge is 2.38. The molecule has 5 heteroatoms. The summed E-state index contributed by atoms with van der Waals surface area (Å²) in [6.07, 6.45) is 1.96. The van der Waals surface area contributed by atoms with Crippen molar-refractivity contribution in [2.45, 2.75) is 12.8 Å². The van der Waals surface area contributed by atoms with E-state index in [0.717, 1.165) is 25.9 Å². The van der Waals surface area contributed by atoms with Crippen LogP contribution in [0.15, 0.2) is 0 Å². The molecule has 2 N–H and O–H groups in total. The summed E-state index contributed by atoms with van der Waals surface area (Å²) in [7, 11) is 0. The topological polar surface area (TPSA) is 69.6 Å². The maximum Gasteiger partial charge on any atom is 0.310 e. The zero-order chi connectivity index (χ0) is 10.8. The Morgan fingerprint density at radius 3 is 2.53 bits per heavy atom. The fraction of sp³-hybridized carbons (Fsp3) is 0.800. The molecule has 0 aliphatic carbocycles. The Bertz CT molecular complexity index is 268. The molecule has 2 heterocycles. The molecule has 1 atom stereocenters. The van der Waals surface area contributed by atoms with Crippen LogP contribution in [0.3, 0.4) is 0 Å². The molecule has 2 aliphatic heterocycles. The Labute approximate surface area is 88.4 Å². The second kappa shape index (κ2) is 4.18. The molecule has 0 aromatic rings. The van der Waals surface area contributed by atoms with Crippen LogP contribution in [-0.4, -0.2) is 48.1 Å². The smallest absolute Gasteiger partial charge is 0.310 e. The van der Waals surface area contributed by atoms with Gasteiger partial charge in [0.25, 0.3) is 0 Å². The van der Waals surface area contributed by atoms with Crippen LogP contribution in [0.2, 0.25) is 0 Å². The first-order chi connectivity index (χ1) is 7.18. The van der Waals surface area contributed by atoms with Gasteiger partial charge in [-0.3, -0.25) is 9.59 Å². The summed E-state index contributed by atoms with van der Waals surface area (Å²) in [5.74, 6) is -0.945. The SMILES string of the molecule is O=C(O)C1CN(C(=O)C2CCCNC2)C1. The van der Waals surface area contributed by atoms with Crippen molar-refractivity contribution < 1.29 is 14.7 Å². The Balaban J connectivity index is 1.80. The molecule has 0 spiro atoms. The van der Waals surface area contributed by atoms with Gasteiger partial charge in [-0.05, 0) is 19.4 Å². The second-order valence-electron chi connectivity index (χ2n) is 4.32. The second-order valence-corrected chi connectivity index (χ2v) is 4.32. The molecule has 1 unspecified atom stereocenters. The van der Waals surface area contributed by atoms with Crippen LogP contribution >= 0.6 is 0 Å². The summed E-state index contributed by atoms with van der Waals surface area (Å²) in [5, 5.41) is 11.9. The highest BCUT2D eigenvalue weighted by molar-refractivity contribution is 5.82. The van der Waals surface area contributed by atoms with Crippen LogP contribution in [0.4, 0.5) is 0 Å². The third-order valence-corrected chi connectivity index (χ3v) is 3.19. The summed E-state index contributed by atoms with van der Waals surface area (Å²) in [6, 6.07) is 0. The van der Waals surface area contributed by atoms with E-state index in [2.05, 4.69) is 5.32 Å². The Hall–Kier alpha value is -1.10. The van der Waals surface area contributed by atoms with E-state index in [1.54, 1.807) is 4.90 Å². The monoisotopic (exact) mass is 212 g/mol. The van der Waals surface area contributed by atoms with E-state index in [4.69, 9.17) is 5.11 Å². The van der Waals surface area contributed by atoms with Crippen LogP contribution in [-0.2, 0) is 9.59 Å². The highest BCUT2D eigenvalue weighted by atomic mass is 16.4. The number of carboxylic acid groups (broad SMARTS) is 1. The van der Waals surface area contributed by atoms with Crippen molar-refractivity contribution in [1.29, 1.82) is 0 Å². The van der Waals surface area contributed by atoms with E-state index < -0.39 is 5.97 Å². The van der Waals surface area contributed by atoms with Crippen molar-refractivity contribution in [3.63, 3.8) is 0 Å². The number of amides is 1. The minimum atomic E-state index is -0.791. The van der Waals surface area contributed by atoms with Crippen LogP contribution in [0.5, 0.6) is 0 Å². The molecule has 15 heavy (non-hydrogen) atoms. The first-order valence-corrected chi connectivity index (χ1v) is 5.41. The molecule has 2 fully saturated rings. The van der Waals surface area contributed by atoms with Crippen molar-refractivity contribution in [2.75, 3.05) is 26.2 Å². The van der Waals surface area contributed by atoms with Crippen LogP contribution in [0.25, 0.3) is 0 Å². The number of nitrogens with one attached hydrogen (secondary N) is 1. The van der Waals surface area contributed by atoms with Gasteiger partial charge in [-0.2, -0.15) is 0 Å². The zero-order valence-corrected chi connectivity index (χ0v) is 8.61. The van der Waals surface area contributed by atoms with E-state index in [1.807, 2.05) is 0 Å². The molecule has 2 rings (SSSR count). The van der Waals surface area contributed by atoms with Gasteiger partial charge in [0.05, 0.1) is 11.8 Å². The average Bonchev–Trinajstić information content (AvgIpc) is 2.16. The maximum atomic E-state index is 11.8. The van der Waals surface area contributed by atoms with Gasteiger partial charge in [0.2, 0.25) is 5.91 Å². The Morgan fingerprint density at radius 2 is 2.00 bits per heavy atom. The molecule has 5 nitrogen and oxygen atoms in total. The zero-order valence-electron chi connectivity index (χ0n) is 8.61. The number of hydrogen-bond acceptors (Lipinski definition) is 3. The van der Waals surface area contributed by atoms with Crippen molar-refractivity contribution >= 4 is 11.9 Å². The van der Waals surface area contributed by atoms with Gasteiger partial charge in [0.15, 0.2) is 0 Å². The van der Waals surface area contributed by atoms with Crippen molar-refractivity contribution in [3.8, 4) is 0 Å². The number of nitrogens with zero attached hydrogens (tertiary/aromatic N) is 1. The molecule has 2 aliphatic rings. The number of likely N-dealkylation sites (tertiary alicyclic amines) is 1. The fourth-order valence-electron chi connectivity index (χ4n) is 2.14. The van der Waals surface area contributed by atoms with Crippen LogP contribution < -0.4 is 5.32 Å². The van der Waals surface area contributed by atoms with Crippen LogP contribution in [0, 0.1) is 11.8 Å². The van der Waals surface area contributed by atoms with Gasteiger partial charge in [-0.15, -0.1) is 0 Å². The summed E-state index contributed by atoms with van der Waals surface area (Å²) in [6.45, 7) is 2.52. The fourth-order valence-corrected chi connectivity index (χ4v) is 2.14. The van der Waals surface area contributed by atoms with Crippen molar-refractivity contribution in [1.82, 2.24) is 10.2 Å².